The van der Waals surface area contributed by atoms with Crippen LogP contribution in [0.5, 0.6) is 0 Å². The highest BCUT2D eigenvalue weighted by Crippen LogP contribution is 2.56. The van der Waals surface area contributed by atoms with Gasteiger partial charge >= 0.3 is 0 Å². The molecule has 7 aromatic carbocycles. The molecule has 9 aromatic rings. The molecule has 10 rings (SSSR count). The van der Waals surface area contributed by atoms with E-state index in [4.69, 9.17) is 4.98 Å². The first-order valence-electron chi connectivity index (χ1n) is 18.8. The number of nitrogens with zero attached hydrogens (tertiary/aromatic N) is 2. The fourth-order valence-electron chi connectivity index (χ4n) is 8.45. The number of fused-ring (bicyclic) bond motifs is 3. The van der Waals surface area contributed by atoms with Crippen molar-refractivity contribution in [2.45, 2.75) is 5.41 Å². The van der Waals surface area contributed by atoms with Crippen LogP contribution in [0, 0.1) is 0 Å². The van der Waals surface area contributed by atoms with Crippen molar-refractivity contribution in [3.63, 3.8) is 0 Å². The molecule has 0 fully saturated rings. The maximum absolute atomic E-state index is 5.43. The van der Waals surface area contributed by atoms with Gasteiger partial charge in [0.05, 0.1) is 16.8 Å². The van der Waals surface area contributed by atoms with Gasteiger partial charge in [0.1, 0.15) is 0 Å². The average Bonchev–Trinajstić information content (AvgIpc) is 3.58. The fourth-order valence-corrected chi connectivity index (χ4v) is 8.45. The van der Waals surface area contributed by atoms with Crippen LogP contribution in [0.15, 0.2) is 219 Å². The fraction of sp³-hybridized carbons (Fsp3) is 0.0189. The highest BCUT2D eigenvalue weighted by atomic mass is 14.7. The number of hydrogen-bond acceptors (Lipinski definition) is 2. The van der Waals surface area contributed by atoms with Crippen molar-refractivity contribution in [2.75, 3.05) is 0 Å². The van der Waals surface area contributed by atoms with Gasteiger partial charge in [-0.3, -0.25) is 4.98 Å². The lowest BCUT2D eigenvalue weighted by atomic mass is 9.67. The molecule has 0 saturated heterocycles. The topological polar surface area (TPSA) is 25.8 Å². The van der Waals surface area contributed by atoms with Gasteiger partial charge in [0.15, 0.2) is 0 Å². The Labute approximate surface area is 322 Å². The predicted octanol–water partition coefficient (Wildman–Crippen LogP) is 13.2. The van der Waals surface area contributed by atoms with E-state index in [1.165, 1.54) is 44.5 Å². The Hall–Kier alpha value is -7.16. The van der Waals surface area contributed by atoms with Crippen molar-refractivity contribution in [3.8, 4) is 67.0 Å². The summed E-state index contributed by atoms with van der Waals surface area (Å²) < 4.78 is 0. The van der Waals surface area contributed by atoms with Crippen LogP contribution >= 0.6 is 0 Å². The highest BCUT2D eigenvalue weighted by molar-refractivity contribution is 5.89. The van der Waals surface area contributed by atoms with E-state index in [0.717, 1.165) is 44.8 Å². The standard InChI is InChI=1S/C53H36N2/c1-4-13-37(14-5-1)38-26-28-41(29-27-38)51-34-44(40-24-22-39(23-25-40)43-15-12-32-54-36-43)35-52(55-51)42-30-31-48-47-20-10-11-21-49(47)53(50(48)33-42,45-16-6-2-7-17-45)46-18-8-3-9-19-46/h1-36H. The molecule has 0 radical (unpaired) electrons. The molecule has 0 unspecified atom stereocenters. The minimum absolute atomic E-state index is 0.486. The third-order valence-electron chi connectivity index (χ3n) is 11.1. The van der Waals surface area contributed by atoms with Gasteiger partial charge in [0.25, 0.3) is 0 Å². The molecule has 0 spiro atoms. The van der Waals surface area contributed by atoms with Crippen LogP contribution in [-0.2, 0) is 5.41 Å². The predicted molar refractivity (Wildman–Crippen MR) is 227 cm³/mol. The molecule has 0 atom stereocenters. The smallest absolute Gasteiger partial charge is 0.0715 e. The van der Waals surface area contributed by atoms with E-state index in [-0.39, 0.29) is 0 Å². The van der Waals surface area contributed by atoms with Crippen LogP contribution in [0.1, 0.15) is 22.3 Å². The number of hydrogen-bond donors (Lipinski definition) is 0. The molecular formula is C53H36N2. The van der Waals surface area contributed by atoms with E-state index >= 15 is 0 Å². The summed E-state index contributed by atoms with van der Waals surface area (Å²) in [5.74, 6) is 0. The maximum atomic E-state index is 5.43. The Morgan fingerprint density at radius 1 is 0.309 bits per heavy atom. The third kappa shape index (κ3) is 5.67. The van der Waals surface area contributed by atoms with E-state index < -0.39 is 5.41 Å². The lowest BCUT2D eigenvalue weighted by Crippen LogP contribution is -2.28. The molecule has 0 amide bonds. The first-order valence-corrected chi connectivity index (χ1v) is 18.8. The maximum Gasteiger partial charge on any atom is 0.0715 e. The molecule has 2 aromatic heterocycles. The highest BCUT2D eigenvalue weighted by Gasteiger charge is 2.46. The second-order valence-corrected chi connectivity index (χ2v) is 14.2. The zero-order chi connectivity index (χ0) is 36.6. The lowest BCUT2D eigenvalue weighted by Gasteiger charge is -2.34. The van der Waals surface area contributed by atoms with Crippen molar-refractivity contribution in [1.29, 1.82) is 0 Å². The zero-order valence-electron chi connectivity index (χ0n) is 30.2. The quantitative estimate of drug-likeness (QED) is 0.165. The molecule has 1 aliphatic rings. The van der Waals surface area contributed by atoms with E-state index in [9.17, 15) is 0 Å². The van der Waals surface area contributed by atoms with Gasteiger partial charge in [-0.2, -0.15) is 0 Å². The zero-order valence-corrected chi connectivity index (χ0v) is 30.2. The number of pyridine rings is 2. The van der Waals surface area contributed by atoms with Gasteiger partial charge in [-0.1, -0.05) is 182 Å². The molecule has 0 bridgehead atoms. The van der Waals surface area contributed by atoms with Crippen LogP contribution in [0.2, 0.25) is 0 Å². The molecule has 258 valence electrons. The summed E-state index contributed by atoms with van der Waals surface area (Å²) >= 11 is 0. The third-order valence-corrected chi connectivity index (χ3v) is 11.1. The number of benzene rings is 7. The molecule has 0 N–H and O–H groups in total. The molecule has 2 heteroatoms. The lowest BCUT2D eigenvalue weighted by molar-refractivity contribution is 0.768. The monoisotopic (exact) mass is 700 g/mol. The molecule has 2 nitrogen and oxygen atoms in total. The Bertz CT molecular complexity index is 2620. The number of aromatic nitrogens is 2. The summed E-state index contributed by atoms with van der Waals surface area (Å²) in [5.41, 5.74) is 18.0. The Kier molecular flexibility index (Phi) is 8.08. The molecular weight excluding hydrogens is 665 g/mol. The van der Waals surface area contributed by atoms with Crippen molar-refractivity contribution in [1.82, 2.24) is 9.97 Å². The Morgan fingerprint density at radius 3 is 1.42 bits per heavy atom. The summed E-state index contributed by atoms with van der Waals surface area (Å²) in [6, 6.07) is 74.4. The number of rotatable bonds is 7. The van der Waals surface area contributed by atoms with Gasteiger partial charge in [-0.05, 0) is 91.0 Å². The normalized spacial score (nSPS) is 12.5. The van der Waals surface area contributed by atoms with Crippen LogP contribution in [0.4, 0.5) is 0 Å². The Morgan fingerprint density at radius 2 is 0.782 bits per heavy atom. The van der Waals surface area contributed by atoms with Crippen molar-refractivity contribution >= 4 is 0 Å². The van der Waals surface area contributed by atoms with E-state index in [1.54, 1.807) is 0 Å². The average molecular weight is 701 g/mol. The summed E-state index contributed by atoms with van der Waals surface area (Å²) in [6.07, 6.45) is 3.72. The van der Waals surface area contributed by atoms with Crippen molar-refractivity contribution < 1.29 is 0 Å². The van der Waals surface area contributed by atoms with Gasteiger partial charge in [-0.15, -0.1) is 0 Å². The summed E-state index contributed by atoms with van der Waals surface area (Å²) in [6.45, 7) is 0. The van der Waals surface area contributed by atoms with Crippen molar-refractivity contribution in [2.24, 2.45) is 0 Å². The minimum atomic E-state index is -0.486. The summed E-state index contributed by atoms with van der Waals surface area (Å²) in [4.78, 5) is 9.76. The van der Waals surface area contributed by atoms with Crippen LogP contribution in [-0.4, -0.2) is 9.97 Å². The Balaban J connectivity index is 1.16. The van der Waals surface area contributed by atoms with E-state index in [1.807, 2.05) is 18.5 Å². The second kappa shape index (κ2) is 13.7. The van der Waals surface area contributed by atoms with Gasteiger partial charge in [0.2, 0.25) is 0 Å². The first-order chi connectivity index (χ1) is 27.3. The molecule has 0 saturated carbocycles. The first kappa shape index (κ1) is 32.5. The van der Waals surface area contributed by atoms with Crippen LogP contribution in [0.3, 0.4) is 0 Å². The van der Waals surface area contributed by atoms with E-state index in [2.05, 4.69) is 205 Å². The largest absolute Gasteiger partial charge is 0.264 e. The van der Waals surface area contributed by atoms with Gasteiger partial charge in [-0.25, -0.2) is 4.98 Å². The molecule has 1 aliphatic carbocycles. The summed E-state index contributed by atoms with van der Waals surface area (Å²) in [5, 5.41) is 0. The van der Waals surface area contributed by atoms with Gasteiger partial charge in [0, 0.05) is 23.5 Å². The minimum Gasteiger partial charge on any atom is -0.264 e. The molecule has 2 heterocycles. The van der Waals surface area contributed by atoms with Crippen molar-refractivity contribution in [3.05, 3.63) is 241 Å². The van der Waals surface area contributed by atoms with Crippen LogP contribution < -0.4 is 0 Å². The second-order valence-electron chi connectivity index (χ2n) is 14.2. The van der Waals surface area contributed by atoms with E-state index in [0.29, 0.717) is 0 Å². The molecule has 0 aliphatic heterocycles. The summed E-state index contributed by atoms with van der Waals surface area (Å²) in [7, 11) is 0. The van der Waals surface area contributed by atoms with Crippen LogP contribution in [0.25, 0.3) is 67.0 Å². The molecule has 55 heavy (non-hydrogen) atoms. The SMILES string of the molecule is c1ccc(-c2ccc(-c3cc(-c4ccc(-c5cccnc5)cc4)cc(-c4ccc5c(c4)C(c4ccccc4)(c4ccccc4)c4ccccc4-5)n3)cc2)cc1. The van der Waals surface area contributed by atoms with Gasteiger partial charge < -0.3 is 0 Å².